The maximum absolute atomic E-state index is 12.7. The van der Waals surface area contributed by atoms with Crippen molar-refractivity contribution in [3.63, 3.8) is 0 Å². The minimum Gasteiger partial charge on any atom is -0.544 e. The lowest BCUT2D eigenvalue weighted by Gasteiger charge is -2.34. The van der Waals surface area contributed by atoms with Crippen molar-refractivity contribution in [3.05, 3.63) is 72.9 Å². The molecule has 0 aromatic heterocycles. The normalized spacial score (nSPS) is 13.7. The molecule has 0 saturated carbocycles. The molecule has 8 nitrogen and oxygen atoms in total. The second-order valence-corrected chi connectivity index (χ2v) is 15.3. The molecular formula is C47H79NO7. The summed E-state index contributed by atoms with van der Waals surface area (Å²) in [6.45, 7) is 4.45. The summed E-state index contributed by atoms with van der Waals surface area (Å²) in [5.74, 6) is -1.80. The molecule has 0 aliphatic carbocycles. The number of carboxylic acids is 1. The molecule has 8 heteroatoms. The molecule has 0 bridgehead atoms. The summed E-state index contributed by atoms with van der Waals surface area (Å²) in [5, 5.41) is 11.6. The number of nitrogens with zero attached hydrogens (tertiary/aromatic N) is 1. The Morgan fingerprint density at radius 3 is 1.49 bits per heavy atom. The van der Waals surface area contributed by atoms with E-state index in [4.69, 9.17) is 14.2 Å². The molecule has 55 heavy (non-hydrogen) atoms. The summed E-state index contributed by atoms with van der Waals surface area (Å²) in [5.41, 5.74) is 0. The fraction of sp³-hybridized carbons (Fsp3) is 0.681. The lowest BCUT2D eigenvalue weighted by Crippen LogP contribution is -2.55. The molecule has 0 aromatic carbocycles. The topological polar surface area (TPSA) is 102 Å². The van der Waals surface area contributed by atoms with E-state index in [1.165, 1.54) is 32.1 Å². The number of carboxylic acid groups (broad SMARTS) is 1. The zero-order chi connectivity index (χ0) is 40.7. The van der Waals surface area contributed by atoms with Gasteiger partial charge in [-0.2, -0.15) is 0 Å². The predicted molar refractivity (Wildman–Crippen MR) is 226 cm³/mol. The van der Waals surface area contributed by atoms with Gasteiger partial charge in [-0.05, 0) is 57.8 Å². The van der Waals surface area contributed by atoms with Crippen molar-refractivity contribution < 1.29 is 38.2 Å². The Kier molecular flexibility index (Phi) is 35.5. The van der Waals surface area contributed by atoms with E-state index >= 15 is 0 Å². The average Bonchev–Trinajstić information content (AvgIpc) is 3.14. The molecule has 314 valence electrons. The molecule has 0 aliphatic heterocycles. The number of allylic oxidation sites excluding steroid dienone is 12. The third kappa shape index (κ3) is 36.2. The van der Waals surface area contributed by atoms with Crippen molar-refractivity contribution in [3.8, 4) is 0 Å². The maximum Gasteiger partial charge on any atom is 0.306 e. The second-order valence-electron chi connectivity index (χ2n) is 15.3. The number of rotatable bonds is 37. The number of ether oxygens (including phenoxy) is 3. The Morgan fingerprint density at radius 1 is 0.564 bits per heavy atom. The second kappa shape index (κ2) is 37.7. The van der Waals surface area contributed by atoms with Crippen molar-refractivity contribution in [2.75, 3.05) is 41.0 Å². The summed E-state index contributed by atoms with van der Waals surface area (Å²) < 4.78 is 17.1. The highest BCUT2D eigenvalue weighted by atomic mass is 16.6. The van der Waals surface area contributed by atoms with Gasteiger partial charge in [0.15, 0.2) is 6.10 Å². The van der Waals surface area contributed by atoms with Crippen LogP contribution in [0, 0.1) is 0 Å². The molecule has 0 aromatic rings. The molecule has 0 N–H and O–H groups in total. The smallest absolute Gasteiger partial charge is 0.306 e. The Balaban J connectivity index is 4.43. The van der Waals surface area contributed by atoms with E-state index in [9.17, 15) is 19.5 Å². The number of hydrogen-bond donors (Lipinski definition) is 0. The van der Waals surface area contributed by atoms with Gasteiger partial charge in [0.05, 0.1) is 40.3 Å². The van der Waals surface area contributed by atoms with Crippen LogP contribution >= 0.6 is 0 Å². The first kappa shape index (κ1) is 51.8. The van der Waals surface area contributed by atoms with Gasteiger partial charge < -0.3 is 28.6 Å². The van der Waals surface area contributed by atoms with Crippen molar-refractivity contribution in [2.45, 2.75) is 167 Å². The van der Waals surface area contributed by atoms with Gasteiger partial charge in [0.2, 0.25) is 0 Å². The van der Waals surface area contributed by atoms with Crippen molar-refractivity contribution in [2.24, 2.45) is 0 Å². The fourth-order valence-electron chi connectivity index (χ4n) is 5.84. The van der Waals surface area contributed by atoms with Crippen LogP contribution < -0.4 is 5.11 Å². The highest BCUT2D eigenvalue weighted by Crippen LogP contribution is 2.12. The van der Waals surface area contributed by atoms with Crippen molar-refractivity contribution in [1.82, 2.24) is 0 Å². The first-order valence-corrected chi connectivity index (χ1v) is 21.5. The number of carbonyl (C=O) groups excluding carboxylic acids is 3. The molecule has 0 heterocycles. The van der Waals surface area contributed by atoms with Crippen LogP contribution in [0.5, 0.6) is 0 Å². The molecule has 0 radical (unpaired) electrons. The molecule has 0 rings (SSSR count). The van der Waals surface area contributed by atoms with Crippen LogP contribution in [0.25, 0.3) is 0 Å². The molecule has 0 aliphatic rings. The molecule has 0 saturated heterocycles. The van der Waals surface area contributed by atoms with Gasteiger partial charge in [0.25, 0.3) is 0 Å². The SMILES string of the molecule is CC/C=C/C=C/C=C/CCCCCCCC(=O)OC(COCCC(C(=O)[O-])[N+](C)(C)C)COC(=O)CCCCCCC/C=C/C=C/C=C/CCCCCCC. The predicted octanol–water partition coefficient (Wildman–Crippen LogP) is 10.2. The molecule has 2 unspecified atom stereocenters. The summed E-state index contributed by atoms with van der Waals surface area (Å²) in [6, 6.07) is -0.736. The highest BCUT2D eigenvalue weighted by molar-refractivity contribution is 5.70. The quantitative estimate of drug-likeness (QED) is 0.0268. The molecule has 2 atom stereocenters. The average molecular weight is 770 g/mol. The molecule has 0 spiro atoms. The zero-order valence-corrected chi connectivity index (χ0v) is 35.6. The third-order valence-corrected chi connectivity index (χ3v) is 9.20. The van der Waals surface area contributed by atoms with Crippen LogP contribution in [-0.2, 0) is 28.6 Å². The summed E-state index contributed by atoms with van der Waals surface area (Å²) in [4.78, 5) is 36.8. The number of aliphatic carboxylic acids is 1. The minimum atomic E-state index is -1.14. The molecule has 0 fully saturated rings. The van der Waals surface area contributed by atoms with Crippen LogP contribution in [0.1, 0.15) is 155 Å². The van der Waals surface area contributed by atoms with E-state index in [2.05, 4.69) is 74.6 Å². The Bertz CT molecular complexity index is 1130. The van der Waals surface area contributed by atoms with Crippen LogP contribution in [0.3, 0.4) is 0 Å². The number of unbranched alkanes of at least 4 members (excludes halogenated alkanes) is 15. The first-order valence-electron chi connectivity index (χ1n) is 21.5. The van der Waals surface area contributed by atoms with Crippen molar-refractivity contribution in [1.29, 1.82) is 0 Å². The zero-order valence-electron chi connectivity index (χ0n) is 35.6. The van der Waals surface area contributed by atoms with Gasteiger partial charge in [-0.1, -0.05) is 151 Å². The number of esters is 2. The Labute approximate surface area is 336 Å². The Hall–Kier alpha value is -3.23. The lowest BCUT2D eigenvalue weighted by molar-refractivity contribution is -0.889. The summed E-state index contributed by atoms with van der Waals surface area (Å²) >= 11 is 0. The highest BCUT2D eigenvalue weighted by Gasteiger charge is 2.25. The van der Waals surface area contributed by atoms with Crippen molar-refractivity contribution >= 4 is 17.9 Å². The first-order chi connectivity index (χ1) is 26.6. The van der Waals surface area contributed by atoms with Gasteiger partial charge >= 0.3 is 11.9 Å². The molecular weight excluding hydrogens is 691 g/mol. The van der Waals surface area contributed by atoms with Crippen LogP contribution in [0.4, 0.5) is 0 Å². The van der Waals surface area contributed by atoms with Gasteiger partial charge in [-0.15, -0.1) is 0 Å². The standard InChI is InChI=1S/C47H79NO7/c1-6-8-10-12-14-16-18-20-21-22-23-24-26-27-29-31-33-35-37-45(49)54-42-43(41-53-40-39-44(47(51)52)48(3,4)5)55-46(50)38-36-34-32-30-28-25-19-17-15-13-11-9-7-2/h9,11,13,15,17-24,43-44H,6-8,10,12,14,16,25-42H2,1-5H3/b11-9+,15-13+,19-17+,20-18+,22-21+,24-23+. The number of carbonyl (C=O) groups is 3. The van der Waals surface area contributed by atoms with Gasteiger partial charge in [0.1, 0.15) is 12.6 Å². The monoisotopic (exact) mass is 770 g/mol. The Morgan fingerprint density at radius 2 is 1.02 bits per heavy atom. The van der Waals surface area contributed by atoms with Crippen LogP contribution in [0.2, 0.25) is 0 Å². The van der Waals surface area contributed by atoms with E-state index in [1.54, 1.807) is 21.1 Å². The molecule has 0 amide bonds. The van der Waals surface area contributed by atoms with E-state index < -0.39 is 18.1 Å². The van der Waals surface area contributed by atoms with Gasteiger partial charge in [-0.3, -0.25) is 9.59 Å². The third-order valence-electron chi connectivity index (χ3n) is 9.20. The minimum absolute atomic E-state index is 0.0215. The largest absolute Gasteiger partial charge is 0.544 e. The fourth-order valence-corrected chi connectivity index (χ4v) is 5.84. The number of likely N-dealkylation sites (N-methyl/N-ethyl adjacent to an activating group) is 1. The summed E-state index contributed by atoms with van der Waals surface area (Å²) in [7, 11) is 5.38. The van der Waals surface area contributed by atoms with E-state index in [1.807, 2.05) is 12.2 Å². The van der Waals surface area contributed by atoms with Crippen LogP contribution in [0.15, 0.2) is 72.9 Å². The number of quaternary nitrogens is 1. The van der Waals surface area contributed by atoms with Gasteiger partial charge in [-0.25, -0.2) is 0 Å². The summed E-state index contributed by atoms with van der Waals surface area (Å²) in [6.07, 6.45) is 46.4. The lowest BCUT2D eigenvalue weighted by atomic mass is 10.1. The van der Waals surface area contributed by atoms with E-state index in [0.29, 0.717) is 6.42 Å². The van der Waals surface area contributed by atoms with E-state index in [0.717, 1.165) is 89.9 Å². The van der Waals surface area contributed by atoms with E-state index in [-0.39, 0.29) is 49.1 Å². The van der Waals surface area contributed by atoms with Crippen LogP contribution in [-0.4, -0.2) is 75.5 Å². The van der Waals surface area contributed by atoms with Gasteiger partial charge in [0, 0.05) is 19.3 Å². The maximum atomic E-state index is 12.7. The number of hydrogen-bond acceptors (Lipinski definition) is 7.